The lowest BCUT2D eigenvalue weighted by molar-refractivity contribution is -0.125. The largest absolute Gasteiger partial charge is 0.478 e. The van der Waals surface area contributed by atoms with Crippen LogP contribution in [0.5, 0.6) is 0 Å². The fourth-order valence-corrected chi connectivity index (χ4v) is 4.15. The fraction of sp³-hybridized carbons (Fsp3) is 0.211. The summed E-state index contributed by atoms with van der Waals surface area (Å²) in [7, 11) is -3.53. The first kappa shape index (κ1) is 19.5. The number of ketones is 1. The molecule has 27 heavy (non-hydrogen) atoms. The van der Waals surface area contributed by atoms with Gasteiger partial charge in [0, 0.05) is 11.8 Å². The lowest BCUT2D eigenvalue weighted by atomic mass is 9.92. The Morgan fingerprint density at radius 2 is 1.63 bits per heavy atom. The average Bonchev–Trinajstić information content (AvgIpc) is 2.79. The van der Waals surface area contributed by atoms with Crippen molar-refractivity contribution >= 4 is 38.6 Å². The van der Waals surface area contributed by atoms with Crippen LogP contribution in [0, 0.1) is 11.6 Å². The molecule has 0 unspecified atom stereocenters. The van der Waals surface area contributed by atoms with Gasteiger partial charge in [-0.25, -0.2) is 17.2 Å². The summed E-state index contributed by atoms with van der Waals surface area (Å²) >= 11 is 6.09. The normalized spacial score (nSPS) is 16.6. The molecule has 4 nitrogen and oxygen atoms in total. The predicted molar refractivity (Wildman–Crippen MR) is 97.9 cm³/mol. The van der Waals surface area contributed by atoms with Gasteiger partial charge in [0.2, 0.25) is 5.78 Å². The van der Waals surface area contributed by atoms with E-state index in [9.17, 15) is 22.0 Å². The number of carbonyl (C=O) groups excluding carboxylic acids is 1. The smallest absolute Gasteiger partial charge is 0.210 e. The highest BCUT2D eigenvalue weighted by atomic mass is 35.5. The van der Waals surface area contributed by atoms with Crippen LogP contribution in [0.1, 0.15) is 25.0 Å². The lowest BCUT2D eigenvalue weighted by Gasteiger charge is -2.18. The summed E-state index contributed by atoms with van der Waals surface area (Å²) in [4.78, 5) is 12.7. The van der Waals surface area contributed by atoms with Gasteiger partial charge in [0.15, 0.2) is 27.1 Å². The highest BCUT2D eigenvalue weighted by Gasteiger charge is 2.43. The minimum atomic E-state index is -3.53. The molecule has 142 valence electrons. The Morgan fingerprint density at radius 1 is 1.00 bits per heavy atom. The molecule has 0 spiro atoms. The van der Waals surface area contributed by atoms with Gasteiger partial charge >= 0.3 is 0 Å². The quantitative estimate of drug-likeness (QED) is 0.755. The van der Waals surface area contributed by atoms with E-state index in [1.54, 1.807) is 13.8 Å². The molecule has 2 aromatic rings. The molecular formula is C19H15ClF2O4S. The van der Waals surface area contributed by atoms with Gasteiger partial charge in [-0.15, -0.1) is 0 Å². The number of ether oxygens (including phenoxy) is 1. The molecule has 0 aromatic heterocycles. The molecule has 8 heteroatoms. The Bertz CT molecular complexity index is 1100. The topological polar surface area (TPSA) is 60.4 Å². The molecule has 0 saturated carbocycles. The molecule has 1 aliphatic heterocycles. The molecule has 0 aliphatic carbocycles. The van der Waals surface area contributed by atoms with Gasteiger partial charge in [-0.1, -0.05) is 17.7 Å². The van der Waals surface area contributed by atoms with Crippen molar-refractivity contribution in [3.05, 3.63) is 64.2 Å². The number of hydrogen-bond donors (Lipinski definition) is 0. The summed E-state index contributed by atoms with van der Waals surface area (Å²) < 4.78 is 56.2. The molecule has 0 radical (unpaired) electrons. The van der Waals surface area contributed by atoms with Crippen molar-refractivity contribution in [2.24, 2.45) is 0 Å². The van der Waals surface area contributed by atoms with Crippen LogP contribution >= 0.6 is 11.6 Å². The van der Waals surface area contributed by atoms with E-state index < -0.39 is 32.9 Å². The second-order valence-corrected chi connectivity index (χ2v) is 9.08. The molecule has 0 saturated heterocycles. The standard InChI is InChI=1S/C19H15ClF2O4S/c1-19(2)18(23)16(10-4-6-13(21)14(22)9-10)17(26-19)11-5-7-15(12(20)8-11)27(3,24)25/h4-9H,1-3H3. The van der Waals surface area contributed by atoms with Crippen molar-refractivity contribution in [3.63, 3.8) is 0 Å². The van der Waals surface area contributed by atoms with Crippen molar-refractivity contribution < 1.29 is 26.7 Å². The first-order valence-corrected chi connectivity index (χ1v) is 10.1. The van der Waals surface area contributed by atoms with E-state index >= 15 is 0 Å². The zero-order chi connectivity index (χ0) is 20.1. The number of hydrogen-bond acceptors (Lipinski definition) is 4. The Balaban J connectivity index is 2.23. The van der Waals surface area contributed by atoms with E-state index in [1.165, 1.54) is 24.3 Å². The minimum absolute atomic E-state index is 0.0344. The molecule has 0 atom stereocenters. The van der Waals surface area contributed by atoms with E-state index in [0.717, 1.165) is 18.4 Å². The van der Waals surface area contributed by atoms with Crippen molar-refractivity contribution in [1.82, 2.24) is 0 Å². The number of Topliss-reactive ketones (excluding diaryl/α,β-unsaturated/α-hetero) is 1. The predicted octanol–water partition coefficient (Wildman–Crippen LogP) is 4.27. The Morgan fingerprint density at radius 3 is 2.19 bits per heavy atom. The number of sulfone groups is 1. The Hall–Kier alpha value is -2.25. The van der Waals surface area contributed by atoms with Crippen LogP contribution in [0.2, 0.25) is 5.02 Å². The van der Waals surface area contributed by atoms with Gasteiger partial charge in [-0.2, -0.15) is 0 Å². The second-order valence-electron chi connectivity index (χ2n) is 6.69. The minimum Gasteiger partial charge on any atom is -0.478 e. The number of carbonyl (C=O) groups is 1. The van der Waals surface area contributed by atoms with Crippen molar-refractivity contribution in [3.8, 4) is 0 Å². The molecule has 0 amide bonds. The van der Waals surface area contributed by atoms with Gasteiger partial charge < -0.3 is 4.74 Å². The van der Waals surface area contributed by atoms with E-state index in [4.69, 9.17) is 16.3 Å². The lowest BCUT2D eigenvalue weighted by Crippen LogP contribution is -2.29. The summed E-state index contributed by atoms with van der Waals surface area (Å²) in [6, 6.07) is 7.24. The third-order valence-electron chi connectivity index (χ3n) is 4.16. The van der Waals surface area contributed by atoms with Gasteiger partial charge in [-0.05, 0) is 49.7 Å². The third kappa shape index (κ3) is 3.49. The van der Waals surface area contributed by atoms with Crippen LogP contribution < -0.4 is 0 Å². The van der Waals surface area contributed by atoms with E-state index in [-0.39, 0.29) is 26.8 Å². The SMILES string of the molecule is CC1(C)OC(c2ccc(S(C)(=O)=O)c(Cl)c2)=C(c2ccc(F)c(F)c2)C1=O. The Kier molecular flexibility index (Phi) is 4.64. The molecule has 2 aromatic carbocycles. The van der Waals surface area contributed by atoms with Gasteiger partial charge in [0.25, 0.3) is 0 Å². The summed E-state index contributed by atoms with van der Waals surface area (Å²) in [5, 5.41) is -0.0344. The van der Waals surface area contributed by atoms with Gasteiger partial charge in [0.1, 0.15) is 5.76 Å². The maximum Gasteiger partial charge on any atom is 0.210 e. The summed E-state index contributed by atoms with van der Waals surface area (Å²) in [5.74, 6) is -2.42. The summed E-state index contributed by atoms with van der Waals surface area (Å²) in [5.41, 5.74) is -0.645. The zero-order valence-corrected chi connectivity index (χ0v) is 16.2. The van der Waals surface area contributed by atoms with Gasteiger partial charge in [0.05, 0.1) is 15.5 Å². The number of rotatable bonds is 3. The number of halogens is 3. The van der Waals surface area contributed by atoms with Crippen molar-refractivity contribution in [1.29, 1.82) is 0 Å². The molecule has 3 rings (SSSR count). The van der Waals surface area contributed by atoms with E-state index in [1.807, 2.05) is 0 Å². The molecule has 0 N–H and O–H groups in total. The zero-order valence-electron chi connectivity index (χ0n) is 14.6. The van der Waals surface area contributed by atoms with Crippen LogP contribution in [0.4, 0.5) is 8.78 Å². The maximum absolute atomic E-state index is 13.7. The first-order valence-electron chi connectivity index (χ1n) is 7.85. The highest BCUT2D eigenvalue weighted by Crippen LogP contribution is 2.42. The second kappa shape index (κ2) is 6.42. The van der Waals surface area contributed by atoms with Crippen LogP contribution in [0.15, 0.2) is 41.3 Å². The first-order chi connectivity index (χ1) is 12.4. The van der Waals surface area contributed by atoms with Crippen molar-refractivity contribution in [2.75, 3.05) is 6.26 Å². The summed E-state index contributed by atoms with van der Waals surface area (Å²) in [6.45, 7) is 3.10. The molecule has 0 fully saturated rings. The highest BCUT2D eigenvalue weighted by molar-refractivity contribution is 7.90. The maximum atomic E-state index is 13.7. The van der Waals surface area contributed by atoms with Crippen LogP contribution in [-0.2, 0) is 19.4 Å². The summed E-state index contributed by atoms with van der Waals surface area (Å²) in [6.07, 6.45) is 1.03. The van der Waals surface area contributed by atoms with Crippen LogP contribution in [0.3, 0.4) is 0 Å². The van der Waals surface area contributed by atoms with Crippen molar-refractivity contribution in [2.45, 2.75) is 24.3 Å². The van der Waals surface area contributed by atoms with Crippen LogP contribution in [0.25, 0.3) is 11.3 Å². The van der Waals surface area contributed by atoms with Crippen LogP contribution in [-0.4, -0.2) is 26.1 Å². The molecular weight excluding hydrogens is 398 g/mol. The molecule has 0 bridgehead atoms. The number of benzene rings is 2. The average molecular weight is 413 g/mol. The Labute approximate surface area is 160 Å². The molecule has 1 aliphatic rings. The third-order valence-corrected chi connectivity index (χ3v) is 5.74. The van der Waals surface area contributed by atoms with E-state index in [0.29, 0.717) is 5.56 Å². The fourth-order valence-electron chi connectivity index (χ4n) is 2.82. The monoisotopic (exact) mass is 412 g/mol. The molecule has 1 heterocycles. The van der Waals surface area contributed by atoms with Gasteiger partial charge in [-0.3, -0.25) is 4.79 Å². The van der Waals surface area contributed by atoms with E-state index in [2.05, 4.69) is 0 Å².